The molecule has 0 saturated carbocycles. The van der Waals surface area contributed by atoms with Gasteiger partial charge in [0.05, 0.1) is 12.2 Å². The molecule has 1 saturated heterocycles. The first-order valence-corrected chi connectivity index (χ1v) is 7.41. The lowest BCUT2D eigenvalue weighted by atomic mass is 9.82. The number of rotatable bonds is 4. The monoisotopic (exact) mass is 253 g/mol. The molecule has 96 valence electrons. The van der Waals surface area contributed by atoms with E-state index in [0.29, 0.717) is 24.0 Å². The Bertz CT molecular complexity index is 338. The maximum atomic E-state index is 6.36. The van der Waals surface area contributed by atoms with E-state index in [1.807, 2.05) is 11.3 Å². The lowest BCUT2D eigenvalue weighted by Crippen LogP contribution is -2.38. The highest BCUT2D eigenvalue weighted by atomic mass is 32.1. The first-order valence-electron chi connectivity index (χ1n) is 6.53. The van der Waals surface area contributed by atoms with Crippen LogP contribution in [-0.2, 0) is 11.2 Å². The molecule has 0 radical (unpaired) electrons. The first-order chi connectivity index (χ1) is 8.09. The SMILES string of the molecule is CC1OC(C)C(C(N)CCc2cccs2)C1C. The number of hydrogen-bond acceptors (Lipinski definition) is 3. The van der Waals surface area contributed by atoms with E-state index < -0.39 is 0 Å². The molecule has 0 spiro atoms. The van der Waals surface area contributed by atoms with E-state index in [2.05, 4.69) is 38.3 Å². The second-order valence-corrected chi connectivity index (χ2v) is 6.30. The molecule has 3 heteroatoms. The van der Waals surface area contributed by atoms with Crippen LogP contribution in [0.15, 0.2) is 17.5 Å². The summed E-state index contributed by atoms with van der Waals surface area (Å²) in [6, 6.07) is 4.56. The minimum atomic E-state index is 0.257. The molecule has 5 atom stereocenters. The fraction of sp³-hybridized carbons (Fsp3) is 0.714. The summed E-state index contributed by atoms with van der Waals surface area (Å²) in [5, 5.41) is 2.13. The normalized spacial score (nSPS) is 35.1. The molecule has 1 aromatic rings. The Morgan fingerprint density at radius 2 is 2.12 bits per heavy atom. The van der Waals surface area contributed by atoms with Crippen LogP contribution in [0.1, 0.15) is 32.1 Å². The van der Waals surface area contributed by atoms with Crippen molar-refractivity contribution < 1.29 is 4.74 Å². The van der Waals surface area contributed by atoms with E-state index >= 15 is 0 Å². The molecule has 0 aromatic carbocycles. The summed E-state index contributed by atoms with van der Waals surface area (Å²) in [4.78, 5) is 1.44. The van der Waals surface area contributed by atoms with E-state index in [0.717, 1.165) is 12.8 Å². The van der Waals surface area contributed by atoms with Gasteiger partial charge in [-0.3, -0.25) is 0 Å². The van der Waals surface area contributed by atoms with Crippen LogP contribution >= 0.6 is 11.3 Å². The highest BCUT2D eigenvalue weighted by Crippen LogP contribution is 2.35. The number of nitrogens with two attached hydrogens (primary N) is 1. The third kappa shape index (κ3) is 2.90. The molecule has 1 fully saturated rings. The molecule has 1 aliphatic rings. The van der Waals surface area contributed by atoms with Crippen LogP contribution < -0.4 is 5.73 Å². The van der Waals surface area contributed by atoms with Gasteiger partial charge >= 0.3 is 0 Å². The minimum absolute atomic E-state index is 0.257. The number of aryl methyl sites for hydroxylation is 1. The van der Waals surface area contributed by atoms with Gasteiger partial charge in [0.15, 0.2) is 0 Å². The van der Waals surface area contributed by atoms with Crippen molar-refractivity contribution in [1.82, 2.24) is 0 Å². The van der Waals surface area contributed by atoms with E-state index in [4.69, 9.17) is 10.5 Å². The predicted molar refractivity (Wildman–Crippen MR) is 73.3 cm³/mol. The third-order valence-electron chi connectivity index (χ3n) is 4.12. The zero-order valence-corrected chi connectivity index (χ0v) is 11.7. The predicted octanol–water partition coefficient (Wildman–Crippen LogP) is 3.07. The Kier molecular flexibility index (Phi) is 4.23. The van der Waals surface area contributed by atoms with Gasteiger partial charge in [-0.25, -0.2) is 0 Å². The van der Waals surface area contributed by atoms with E-state index in [1.54, 1.807) is 0 Å². The van der Waals surface area contributed by atoms with E-state index in [1.165, 1.54) is 4.88 Å². The molecule has 0 bridgehead atoms. The van der Waals surface area contributed by atoms with Gasteiger partial charge < -0.3 is 10.5 Å². The lowest BCUT2D eigenvalue weighted by Gasteiger charge is -2.25. The van der Waals surface area contributed by atoms with Gasteiger partial charge in [0.25, 0.3) is 0 Å². The van der Waals surface area contributed by atoms with Crippen molar-refractivity contribution in [2.45, 2.75) is 51.9 Å². The van der Waals surface area contributed by atoms with Gasteiger partial charge in [0.1, 0.15) is 0 Å². The largest absolute Gasteiger partial charge is 0.375 e. The van der Waals surface area contributed by atoms with Gasteiger partial charge in [-0.2, -0.15) is 0 Å². The molecule has 1 aliphatic heterocycles. The average Bonchev–Trinajstić information content (AvgIpc) is 2.86. The highest BCUT2D eigenvalue weighted by Gasteiger charge is 2.39. The van der Waals surface area contributed by atoms with Crippen LogP contribution in [0.5, 0.6) is 0 Å². The zero-order chi connectivity index (χ0) is 12.4. The fourth-order valence-corrected chi connectivity index (χ4v) is 3.71. The molecule has 17 heavy (non-hydrogen) atoms. The summed E-state index contributed by atoms with van der Waals surface area (Å²) in [6.45, 7) is 6.59. The van der Waals surface area contributed by atoms with E-state index in [9.17, 15) is 0 Å². The third-order valence-corrected chi connectivity index (χ3v) is 5.05. The van der Waals surface area contributed by atoms with Crippen molar-refractivity contribution in [1.29, 1.82) is 0 Å². The van der Waals surface area contributed by atoms with Crippen LogP contribution in [0.3, 0.4) is 0 Å². The molecule has 1 aromatic heterocycles. The van der Waals surface area contributed by atoms with Crippen LogP contribution in [0.25, 0.3) is 0 Å². The Balaban J connectivity index is 1.89. The van der Waals surface area contributed by atoms with Gasteiger partial charge in [0.2, 0.25) is 0 Å². The summed E-state index contributed by atoms with van der Waals surface area (Å²) in [5.41, 5.74) is 6.36. The van der Waals surface area contributed by atoms with Crippen LogP contribution in [-0.4, -0.2) is 18.2 Å². The van der Waals surface area contributed by atoms with Gasteiger partial charge in [0, 0.05) is 16.8 Å². The van der Waals surface area contributed by atoms with Gasteiger partial charge in [-0.1, -0.05) is 13.0 Å². The molecule has 2 N–H and O–H groups in total. The van der Waals surface area contributed by atoms with Crippen LogP contribution in [0.2, 0.25) is 0 Å². The molecule has 5 unspecified atom stereocenters. The number of ether oxygens (including phenoxy) is 1. The standard InChI is InChI=1S/C14H23NOS/c1-9-10(2)16-11(3)14(9)13(15)7-6-12-5-4-8-17-12/h4-5,8-11,13-14H,6-7,15H2,1-3H3. The molecule has 0 amide bonds. The van der Waals surface area contributed by atoms with Gasteiger partial charge in [-0.05, 0) is 44.1 Å². The van der Waals surface area contributed by atoms with Crippen molar-refractivity contribution in [2.24, 2.45) is 17.6 Å². The van der Waals surface area contributed by atoms with Crippen molar-refractivity contribution in [3.63, 3.8) is 0 Å². The quantitative estimate of drug-likeness (QED) is 0.895. The minimum Gasteiger partial charge on any atom is -0.375 e. The number of hydrogen-bond donors (Lipinski definition) is 1. The smallest absolute Gasteiger partial charge is 0.0597 e. The molecule has 2 nitrogen and oxygen atoms in total. The summed E-state index contributed by atoms with van der Waals surface area (Å²) < 4.78 is 5.87. The summed E-state index contributed by atoms with van der Waals surface area (Å²) >= 11 is 1.82. The molecular formula is C14H23NOS. The Hall–Kier alpha value is -0.380. The topological polar surface area (TPSA) is 35.2 Å². The molecule has 2 heterocycles. The maximum Gasteiger partial charge on any atom is 0.0597 e. The Labute approximate surface area is 108 Å². The Morgan fingerprint density at radius 3 is 2.65 bits per heavy atom. The van der Waals surface area contributed by atoms with Crippen LogP contribution in [0.4, 0.5) is 0 Å². The highest BCUT2D eigenvalue weighted by molar-refractivity contribution is 7.09. The zero-order valence-electron chi connectivity index (χ0n) is 10.9. The number of thiophene rings is 1. The molecular weight excluding hydrogens is 230 g/mol. The maximum absolute atomic E-state index is 6.36. The average molecular weight is 253 g/mol. The lowest BCUT2D eigenvalue weighted by molar-refractivity contribution is 0.0487. The van der Waals surface area contributed by atoms with Crippen molar-refractivity contribution in [2.75, 3.05) is 0 Å². The van der Waals surface area contributed by atoms with E-state index in [-0.39, 0.29) is 6.04 Å². The first kappa shape index (κ1) is 13.1. The Morgan fingerprint density at radius 1 is 1.35 bits per heavy atom. The molecule has 2 rings (SSSR count). The fourth-order valence-electron chi connectivity index (χ4n) is 2.99. The van der Waals surface area contributed by atoms with Crippen molar-refractivity contribution >= 4 is 11.3 Å². The summed E-state index contributed by atoms with van der Waals surface area (Å²) in [6.07, 6.45) is 2.82. The van der Waals surface area contributed by atoms with Crippen LogP contribution in [0, 0.1) is 11.8 Å². The second kappa shape index (κ2) is 5.51. The second-order valence-electron chi connectivity index (χ2n) is 5.26. The van der Waals surface area contributed by atoms with Crippen molar-refractivity contribution in [3.8, 4) is 0 Å². The summed E-state index contributed by atoms with van der Waals surface area (Å²) in [5.74, 6) is 1.08. The summed E-state index contributed by atoms with van der Waals surface area (Å²) in [7, 11) is 0. The molecule has 0 aliphatic carbocycles. The van der Waals surface area contributed by atoms with Crippen molar-refractivity contribution in [3.05, 3.63) is 22.4 Å². The van der Waals surface area contributed by atoms with Gasteiger partial charge in [-0.15, -0.1) is 11.3 Å².